The van der Waals surface area contributed by atoms with E-state index in [9.17, 15) is 9.18 Å². The van der Waals surface area contributed by atoms with Crippen LogP contribution in [0.5, 0.6) is 0 Å². The Labute approximate surface area is 112 Å². The van der Waals surface area contributed by atoms with Crippen molar-refractivity contribution in [2.45, 2.75) is 6.42 Å². The topological polar surface area (TPSA) is 44.8 Å². The van der Waals surface area contributed by atoms with E-state index in [2.05, 4.69) is 0 Å². The van der Waals surface area contributed by atoms with Gasteiger partial charge in [0.2, 0.25) is 0 Å². The molecule has 19 heavy (non-hydrogen) atoms. The van der Waals surface area contributed by atoms with Crippen LogP contribution in [0.2, 0.25) is 0 Å². The van der Waals surface area contributed by atoms with Crippen LogP contribution >= 0.6 is 0 Å². The highest BCUT2D eigenvalue weighted by atomic mass is 19.1. The number of hydrogen-bond donors (Lipinski definition) is 0. The number of halogens is 1. The van der Waals surface area contributed by atoms with Gasteiger partial charge in [-0.1, -0.05) is 0 Å². The number of methoxy groups -OCH3 is 1. The molecule has 0 spiro atoms. The molecule has 0 aliphatic carbocycles. The Morgan fingerprint density at radius 2 is 1.74 bits per heavy atom. The molecule has 1 aromatic carbocycles. The van der Waals surface area contributed by atoms with Crippen molar-refractivity contribution in [2.24, 2.45) is 0 Å². The summed E-state index contributed by atoms with van der Waals surface area (Å²) in [5.41, 5.74) is 0.456. The van der Waals surface area contributed by atoms with E-state index in [4.69, 9.17) is 14.2 Å². The van der Waals surface area contributed by atoms with Gasteiger partial charge in [-0.2, -0.15) is 0 Å². The molecule has 0 atom stereocenters. The van der Waals surface area contributed by atoms with Crippen LogP contribution in [-0.4, -0.2) is 45.9 Å². The van der Waals surface area contributed by atoms with Gasteiger partial charge in [-0.05, 0) is 30.7 Å². The molecule has 0 saturated carbocycles. The first kappa shape index (κ1) is 15.8. The zero-order valence-corrected chi connectivity index (χ0v) is 11.1. The number of carbonyl (C=O) groups excluding carboxylic acids is 1. The first-order chi connectivity index (χ1) is 9.24. The number of benzene rings is 1. The van der Waals surface area contributed by atoms with Gasteiger partial charge in [-0.15, -0.1) is 0 Å². The molecule has 4 nitrogen and oxygen atoms in total. The molecule has 5 heteroatoms. The van der Waals surface area contributed by atoms with Gasteiger partial charge in [0.15, 0.2) is 5.78 Å². The Hall–Kier alpha value is -1.30. The molecule has 0 N–H and O–H groups in total. The van der Waals surface area contributed by atoms with Gasteiger partial charge >= 0.3 is 0 Å². The van der Waals surface area contributed by atoms with Crippen molar-refractivity contribution in [2.75, 3.05) is 40.1 Å². The summed E-state index contributed by atoms with van der Waals surface area (Å²) in [6.45, 7) is 2.17. The van der Waals surface area contributed by atoms with E-state index in [-0.39, 0.29) is 18.2 Å². The summed E-state index contributed by atoms with van der Waals surface area (Å²) in [5, 5.41) is 0. The quantitative estimate of drug-likeness (QED) is 0.482. The van der Waals surface area contributed by atoms with Gasteiger partial charge < -0.3 is 14.2 Å². The van der Waals surface area contributed by atoms with Crippen molar-refractivity contribution in [3.05, 3.63) is 35.6 Å². The molecule has 0 aliphatic heterocycles. The summed E-state index contributed by atoms with van der Waals surface area (Å²) in [6.07, 6.45) is 0.723. The predicted molar refractivity (Wildman–Crippen MR) is 68.9 cm³/mol. The fourth-order valence-electron chi connectivity index (χ4n) is 1.39. The normalized spacial score (nSPS) is 10.6. The molecular formula is C14H19FO4. The standard InChI is InChI=1S/C14H19FO4/c1-17-9-10-18-7-2-8-19-11-14(16)12-3-5-13(15)6-4-12/h3-6H,2,7-11H2,1H3. The van der Waals surface area contributed by atoms with Gasteiger partial charge in [0.05, 0.1) is 13.2 Å². The van der Waals surface area contributed by atoms with Crippen molar-refractivity contribution >= 4 is 5.78 Å². The van der Waals surface area contributed by atoms with Crippen molar-refractivity contribution in [3.63, 3.8) is 0 Å². The smallest absolute Gasteiger partial charge is 0.188 e. The zero-order valence-electron chi connectivity index (χ0n) is 11.1. The van der Waals surface area contributed by atoms with Crippen LogP contribution in [0.4, 0.5) is 4.39 Å². The van der Waals surface area contributed by atoms with Gasteiger partial charge in [0, 0.05) is 25.9 Å². The number of hydrogen-bond acceptors (Lipinski definition) is 4. The number of carbonyl (C=O) groups is 1. The number of rotatable bonds is 10. The van der Waals surface area contributed by atoms with E-state index in [1.807, 2.05) is 0 Å². The van der Waals surface area contributed by atoms with Crippen LogP contribution in [0.15, 0.2) is 24.3 Å². The fourth-order valence-corrected chi connectivity index (χ4v) is 1.39. The van der Waals surface area contributed by atoms with Crippen LogP contribution in [0, 0.1) is 5.82 Å². The van der Waals surface area contributed by atoms with E-state index >= 15 is 0 Å². The van der Waals surface area contributed by atoms with Gasteiger partial charge in [-0.25, -0.2) is 4.39 Å². The molecule has 0 aromatic heterocycles. The molecule has 106 valence electrons. The van der Waals surface area contributed by atoms with Gasteiger partial charge in [-0.3, -0.25) is 4.79 Å². The van der Waals surface area contributed by atoms with E-state index in [0.717, 1.165) is 6.42 Å². The monoisotopic (exact) mass is 270 g/mol. The maximum atomic E-state index is 12.7. The Morgan fingerprint density at radius 1 is 1.05 bits per heavy atom. The molecule has 1 aromatic rings. The Balaban J connectivity index is 2.06. The maximum absolute atomic E-state index is 12.7. The minimum absolute atomic E-state index is 0.00367. The molecule has 0 heterocycles. The van der Waals surface area contributed by atoms with E-state index in [1.54, 1.807) is 7.11 Å². The second-order valence-corrected chi connectivity index (χ2v) is 3.94. The molecule has 0 radical (unpaired) electrons. The molecular weight excluding hydrogens is 251 g/mol. The fraction of sp³-hybridized carbons (Fsp3) is 0.500. The minimum atomic E-state index is -0.356. The first-order valence-corrected chi connectivity index (χ1v) is 6.17. The predicted octanol–water partition coefficient (Wildman–Crippen LogP) is 2.08. The summed E-state index contributed by atoms with van der Waals surface area (Å²) in [5.74, 6) is -0.508. The Kier molecular flexibility index (Phi) is 7.97. The van der Waals surface area contributed by atoms with Crippen LogP contribution in [0.25, 0.3) is 0 Å². The maximum Gasteiger partial charge on any atom is 0.188 e. The Bertz CT molecular complexity index is 364. The third-order valence-corrected chi connectivity index (χ3v) is 2.41. The molecule has 0 fully saturated rings. The highest BCUT2D eigenvalue weighted by molar-refractivity contribution is 5.96. The number of Topliss-reactive ketones (excluding diaryl/α,β-unsaturated/α-hetero) is 1. The van der Waals surface area contributed by atoms with E-state index in [1.165, 1.54) is 24.3 Å². The highest BCUT2D eigenvalue weighted by Gasteiger charge is 2.05. The second-order valence-electron chi connectivity index (χ2n) is 3.94. The lowest BCUT2D eigenvalue weighted by molar-refractivity contribution is 0.0488. The molecule has 1 rings (SSSR count). The molecule has 0 bridgehead atoms. The molecule has 0 saturated heterocycles. The minimum Gasteiger partial charge on any atom is -0.382 e. The molecule has 0 unspecified atom stereocenters. The SMILES string of the molecule is COCCOCCCOCC(=O)c1ccc(F)cc1. The number of ether oxygens (including phenoxy) is 3. The van der Waals surface area contributed by atoms with Gasteiger partial charge in [0.1, 0.15) is 12.4 Å². The van der Waals surface area contributed by atoms with Crippen LogP contribution < -0.4 is 0 Å². The number of ketones is 1. The average Bonchev–Trinajstić information content (AvgIpc) is 2.42. The van der Waals surface area contributed by atoms with Crippen molar-refractivity contribution < 1.29 is 23.4 Å². The van der Waals surface area contributed by atoms with E-state index < -0.39 is 0 Å². The lowest BCUT2D eigenvalue weighted by Gasteiger charge is -2.05. The summed E-state index contributed by atoms with van der Waals surface area (Å²) in [6, 6.07) is 5.43. The summed E-state index contributed by atoms with van der Waals surface area (Å²) in [7, 11) is 1.62. The van der Waals surface area contributed by atoms with Gasteiger partial charge in [0.25, 0.3) is 0 Å². The Morgan fingerprint density at radius 3 is 2.42 bits per heavy atom. The third-order valence-electron chi connectivity index (χ3n) is 2.41. The second kappa shape index (κ2) is 9.61. The highest BCUT2D eigenvalue weighted by Crippen LogP contribution is 2.04. The molecule has 0 aliphatic rings. The third kappa shape index (κ3) is 7.00. The lowest BCUT2D eigenvalue weighted by atomic mass is 10.1. The first-order valence-electron chi connectivity index (χ1n) is 6.17. The summed E-state index contributed by atoms with van der Waals surface area (Å²) in [4.78, 5) is 11.6. The van der Waals surface area contributed by atoms with Crippen LogP contribution in [-0.2, 0) is 14.2 Å². The zero-order chi connectivity index (χ0) is 13.9. The van der Waals surface area contributed by atoms with Crippen molar-refractivity contribution in [1.82, 2.24) is 0 Å². The average molecular weight is 270 g/mol. The van der Waals surface area contributed by atoms with Crippen LogP contribution in [0.3, 0.4) is 0 Å². The summed E-state index contributed by atoms with van der Waals surface area (Å²) < 4.78 is 28.0. The lowest BCUT2D eigenvalue weighted by Crippen LogP contribution is -2.11. The van der Waals surface area contributed by atoms with Crippen molar-refractivity contribution in [1.29, 1.82) is 0 Å². The van der Waals surface area contributed by atoms with Crippen LogP contribution in [0.1, 0.15) is 16.8 Å². The largest absolute Gasteiger partial charge is 0.382 e. The molecule has 0 amide bonds. The van der Waals surface area contributed by atoms with Crippen molar-refractivity contribution in [3.8, 4) is 0 Å². The summed E-state index contributed by atoms with van der Waals surface area (Å²) >= 11 is 0. The van der Waals surface area contributed by atoms with E-state index in [0.29, 0.717) is 32.0 Å².